The highest BCUT2D eigenvalue weighted by Crippen LogP contribution is 2.50. The molecule has 0 aromatic heterocycles. The molecule has 2 aliphatic heterocycles. The number of epoxide rings is 1. The molecule has 2 saturated heterocycles. The van der Waals surface area contributed by atoms with Gasteiger partial charge in [-0.25, -0.2) is 4.79 Å². The molecular weight excluding hydrogens is 244 g/mol. The molecule has 0 aromatic carbocycles. The zero-order chi connectivity index (χ0) is 13.6. The maximum Gasteiger partial charge on any atom is 0.334 e. The maximum absolute atomic E-state index is 11.7. The minimum atomic E-state index is -0.271. The van der Waals surface area contributed by atoms with Crippen molar-refractivity contribution in [3.8, 4) is 0 Å². The molecule has 2 heterocycles. The molecular formula is C15H22O4. The molecule has 0 bridgehead atoms. The van der Waals surface area contributed by atoms with Crippen LogP contribution in [0.25, 0.3) is 0 Å². The SMILES string of the molecule is C=C1C(=O)O[C@@H]2C3O[C@]3(C)CCCC(CO)CC[C@@H]12. The summed E-state index contributed by atoms with van der Waals surface area (Å²) in [5.74, 6) is 0.113. The normalized spacial score (nSPS) is 46.2. The molecule has 5 atom stereocenters. The fraction of sp³-hybridized carbons (Fsp3) is 0.800. The van der Waals surface area contributed by atoms with Crippen molar-refractivity contribution in [2.24, 2.45) is 11.8 Å². The lowest BCUT2D eigenvalue weighted by molar-refractivity contribution is -0.140. The molecule has 0 radical (unpaired) electrons. The van der Waals surface area contributed by atoms with E-state index in [1.165, 1.54) is 0 Å². The number of esters is 1. The second kappa shape index (κ2) is 4.60. The van der Waals surface area contributed by atoms with Crippen molar-refractivity contribution < 1.29 is 19.4 Å². The van der Waals surface area contributed by atoms with Crippen LogP contribution in [0.4, 0.5) is 0 Å². The first-order valence-electron chi connectivity index (χ1n) is 7.23. The van der Waals surface area contributed by atoms with Gasteiger partial charge in [0.2, 0.25) is 0 Å². The lowest BCUT2D eigenvalue weighted by atomic mass is 9.81. The van der Waals surface area contributed by atoms with Crippen LogP contribution in [0.5, 0.6) is 0 Å². The van der Waals surface area contributed by atoms with Gasteiger partial charge in [-0.05, 0) is 38.5 Å². The Kier molecular flexibility index (Phi) is 3.18. The van der Waals surface area contributed by atoms with Crippen LogP contribution in [0.3, 0.4) is 0 Å². The third kappa shape index (κ3) is 2.21. The average molecular weight is 266 g/mol. The van der Waals surface area contributed by atoms with Gasteiger partial charge in [0.25, 0.3) is 0 Å². The lowest BCUT2D eigenvalue weighted by Gasteiger charge is -2.22. The van der Waals surface area contributed by atoms with E-state index in [2.05, 4.69) is 13.5 Å². The first-order chi connectivity index (χ1) is 9.05. The Morgan fingerprint density at radius 2 is 2.21 bits per heavy atom. The first-order valence-corrected chi connectivity index (χ1v) is 7.23. The summed E-state index contributed by atoms with van der Waals surface area (Å²) < 4.78 is 11.3. The molecule has 1 aliphatic carbocycles. The molecule has 4 nitrogen and oxygen atoms in total. The van der Waals surface area contributed by atoms with E-state index < -0.39 is 0 Å². The van der Waals surface area contributed by atoms with Crippen molar-refractivity contribution in [1.29, 1.82) is 0 Å². The van der Waals surface area contributed by atoms with Gasteiger partial charge in [0.15, 0.2) is 0 Å². The summed E-state index contributed by atoms with van der Waals surface area (Å²) in [4.78, 5) is 11.7. The van der Waals surface area contributed by atoms with Gasteiger partial charge in [0.1, 0.15) is 12.2 Å². The minimum Gasteiger partial charge on any atom is -0.455 e. The van der Waals surface area contributed by atoms with Crippen LogP contribution in [-0.4, -0.2) is 35.5 Å². The Morgan fingerprint density at radius 1 is 1.42 bits per heavy atom. The number of ether oxygens (including phenoxy) is 2. The average Bonchev–Trinajstić information content (AvgIpc) is 2.97. The number of carbonyl (C=O) groups is 1. The Hall–Kier alpha value is -0.870. The van der Waals surface area contributed by atoms with E-state index in [1.807, 2.05) is 0 Å². The Labute approximate surface area is 113 Å². The molecule has 0 aromatic rings. The molecule has 3 aliphatic rings. The van der Waals surface area contributed by atoms with Crippen molar-refractivity contribution in [3.05, 3.63) is 12.2 Å². The van der Waals surface area contributed by atoms with Gasteiger partial charge in [-0.15, -0.1) is 0 Å². The molecule has 19 heavy (non-hydrogen) atoms. The van der Waals surface area contributed by atoms with Crippen molar-refractivity contribution in [2.75, 3.05) is 6.61 Å². The molecule has 4 heteroatoms. The summed E-state index contributed by atoms with van der Waals surface area (Å²) in [6.07, 6.45) is 4.72. The van der Waals surface area contributed by atoms with Crippen molar-refractivity contribution in [3.63, 3.8) is 0 Å². The molecule has 3 fully saturated rings. The standard InChI is InChI=1S/C15H22O4/c1-9-11-6-5-10(8-16)4-3-7-15(2)13(19-15)12(11)18-14(9)17/h10-13,16H,1,3-8H2,2H3/t10?,11-,12-,13?,15+/m0/s1. The van der Waals surface area contributed by atoms with Crippen LogP contribution in [0.15, 0.2) is 12.2 Å². The number of rotatable bonds is 1. The highest BCUT2D eigenvalue weighted by atomic mass is 16.6. The Morgan fingerprint density at radius 3 is 2.95 bits per heavy atom. The Balaban J connectivity index is 1.80. The van der Waals surface area contributed by atoms with Gasteiger partial charge in [0, 0.05) is 18.1 Å². The summed E-state index contributed by atoms with van der Waals surface area (Å²) in [5, 5.41) is 9.42. The van der Waals surface area contributed by atoms with E-state index in [-0.39, 0.29) is 36.3 Å². The van der Waals surface area contributed by atoms with Crippen LogP contribution < -0.4 is 0 Å². The van der Waals surface area contributed by atoms with Crippen LogP contribution in [0.1, 0.15) is 39.0 Å². The van der Waals surface area contributed by atoms with E-state index in [0.717, 1.165) is 32.1 Å². The van der Waals surface area contributed by atoms with Gasteiger partial charge in [-0.1, -0.05) is 13.0 Å². The summed E-state index contributed by atoms with van der Waals surface area (Å²) in [7, 11) is 0. The predicted octanol–water partition coefficient (Wildman–Crippen LogP) is 1.81. The highest BCUT2D eigenvalue weighted by Gasteiger charge is 2.61. The number of carbonyl (C=O) groups excluding carboxylic acids is 1. The summed E-state index contributed by atoms with van der Waals surface area (Å²) >= 11 is 0. The number of fused-ring (bicyclic) bond motifs is 3. The zero-order valence-corrected chi connectivity index (χ0v) is 11.4. The van der Waals surface area contributed by atoms with Crippen LogP contribution >= 0.6 is 0 Å². The molecule has 1 N–H and O–H groups in total. The van der Waals surface area contributed by atoms with E-state index >= 15 is 0 Å². The number of hydrogen-bond donors (Lipinski definition) is 1. The van der Waals surface area contributed by atoms with Gasteiger partial charge in [-0.2, -0.15) is 0 Å². The molecule has 0 amide bonds. The summed E-state index contributed by atoms with van der Waals surface area (Å²) in [6.45, 7) is 6.20. The van der Waals surface area contributed by atoms with E-state index in [4.69, 9.17) is 9.47 Å². The molecule has 3 rings (SSSR count). The number of aliphatic hydroxyl groups excluding tert-OH is 1. The van der Waals surface area contributed by atoms with Crippen molar-refractivity contribution >= 4 is 5.97 Å². The van der Waals surface area contributed by atoms with Gasteiger partial charge in [0.05, 0.1) is 5.60 Å². The smallest absolute Gasteiger partial charge is 0.334 e. The molecule has 106 valence electrons. The summed E-state index contributed by atoms with van der Waals surface area (Å²) in [5.41, 5.74) is 0.436. The van der Waals surface area contributed by atoms with E-state index in [0.29, 0.717) is 11.5 Å². The number of hydrogen-bond acceptors (Lipinski definition) is 4. The third-order valence-corrected chi connectivity index (χ3v) is 5.02. The fourth-order valence-corrected chi connectivity index (χ4v) is 3.60. The van der Waals surface area contributed by atoms with Crippen molar-refractivity contribution in [1.82, 2.24) is 0 Å². The van der Waals surface area contributed by atoms with Crippen LogP contribution in [-0.2, 0) is 14.3 Å². The largest absolute Gasteiger partial charge is 0.455 e. The molecule has 1 saturated carbocycles. The topological polar surface area (TPSA) is 59.1 Å². The summed E-state index contributed by atoms with van der Waals surface area (Å²) in [6, 6.07) is 0. The predicted molar refractivity (Wildman–Crippen MR) is 69.4 cm³/mol. The monoisotopic (exact) mass is 266 g/mol. The van der Waals surface area contributed by atoms with Gasteiger partial charge in [-0.3, -0.25) is 0 Å². The second-order valence-electron chi connectivity index (χ2n) is 6.37. The third-order valence-electron chi connectivity index (χ3n) is 5.02. The van der Waals surface area contributed by atoms with E-state index in [9.17, 15) is 9.90 Å². The highest BCUT2D eigenvalue weighted by molar-refractivity contribution is 5.90. The molecule has 0 spiro atoms. The lowest BCUT2D eigenvalue weighted by Crippen LogP contribution is -2.30. The van der Waals surface area contributed by atoms with Crippen molar-refractivity contribution in [2.45, 2.75) is 56.8 Å². The maximum atomic E-state index is 11.7. The first kappa shape index (κ1) is 13.1. The zero-order valence-electron chi connectivity index (χ0n) is 11.4. The van der Waals surface area contributed by atoms with Gasteiger partial charge >= 0.3 is 5.97 Å². The molecule has 2 unspecified atom stereocenters. The fourth-order valence-electron chi connectivity index (χ4n) is 3.60. The quantitative estimate of drug-likeness (QED) is 0.447. The van der Waals surface area contributed by atoms with Gasteiger partial charge < -0.3 is 14.6 Å². The number of aliphatic hydroxyl groups is 1. The van der Waals surface area contributed by atoms with Crippen LogP contribution in [0, 0.1) is 11.8 Å². The van der Waals surface area contributed by atoms with E-state index in [1.54, 1.807) is 0 Å². The Bertz CT molecular complexity index is 405. The minimum absolute atomic E-state index is 0.0337. The second-order valence-corrected chi connectivity index (χ2v) is 6.37. The van der Waals surface area contributed by atoms with Crippen LogP contribution in [0.2, 0.25) is 0 Å².